The lowest BCUT2D eigenvalue weighted by molar-refractivity contribution is -0.137. The number of carbonyl (C=O) groups excluding carboxylic acids is 1. The smallest absolute Gasteiger partial charge is 0.305 e. The van der Waals surface area contributed by atoms with Crippen LogP contribution in [0.1, 0.15) is 29.4 Å². The summed E-state index contributed by atoms with van der Waals surface area (Å²) in [4.78, 5) is 24.6. The summed E-state index contributed by atoms with van der Waals surface area (Å²) < 4.78 is 4.14. The number of halogens is 1. The number of aryl methyl sites for hydroxylation is 2. The van der Waals surface area contributed by atoms with Crippen LogP contribution in [0.2, 0.25) is 0 Å². The molecular formula is C14H18BrN5O3. The van der Waals surface area contributed by atoms with E-state index in [4.69, 9.17) is 5.11 Å². The summed E-state index contributed by atoms with van der Waals surface area (Å²) in [6, 6.07) is 0. The number of carboxylic acid groups (broad SMARTS) is 1. The Morgan fingerprint density at radius 2 is 2.09 bits per heavy atom. The van der Waals surface area contributed by atoms with Crippen molar-refractivity contribution < 1.29 is 14.7 Å². The zero-order valence-electron chi connectivity index (χ0n) is 12.9. The summed E-state index contributed by atoms with van der Waals surface area (Å²) in [6.07, 6.45) is 4.69. The third-order valence-corrected chi connectivity index (χ3v) is 4.03. The molecule has 0 saturated carbocycles. The van der Waals surface area contributed by atoms with Crippen molar-refractivity contribution in [3.05, 3.63) is 34.3 Å². The van der Waals surface area contributed by atoms with E-state index in [-0.39, 0.29) is 18.9 Å². The highest BCUT2D eigenvalue weighted by atomic mass is 79.9. The fourth-order valence-electron chi connectivity index (χ4n) is 2.14. The Kier molecular flexibility index (Phi) is 5.54. The van der Waals surface area contributed by atoms with Gasteiger partial charge in [-0.05, 0) is 22.9 Å². The van der Waals surface area contributed by atoms with E-state index >= 15 is 0 Å². The van der Waals surface area contributed by atoms with Gasteiger partial charge in [0.05, 0.1) is 47.6 Å². The van der Waals surface area contributed by atoms with Crippen molar-refractivity contribution in [3.63, 3.8) is 0 Å². The molecule has 0 saturated heterocycles. The van der Waals surface area contributed by atoms with Crippen LogP contribution in [0.15, 0.2) is 23.1 Å². The number of aliphatic carboxylic acids is 1. The molecule has 0 aliphatic heterocycles. The number of carboxylic acids is 1. The van der Waals surface area contributed by atoms with Gasteiger partial charge in [0, 0.05) is 19.8 Å². The molecule has 8 nitrogen and oxygen atoms in total. The highest BCUT2D eigenvalue weighted by Crippen LogP contribution is 2.18. The number of carbonyl (C=O) groups is 2. The molecule has 1 amide bonds. The van der Waals surface area contributed by atoms with Crippen molar-refractivity contribution in [2.45, 2.75) is 33.0 Å². The van der Waals surface area contributed by atoms with Crippen LogP contribution in [0.4, 0.5) is 0 Å². The molecule has 9 heteroatoms. The summed E-state index contributed by atoms with van der Waals surface area (Å²) in [5.74, 6) is -1.08. The summed E-state index contributed by atoms with van der Waals surface area (Å²) in [6.45, 7) is 3.35. The van der Waals surface area contributed by atoms with Crippen LogP contribution >= 0.6 is 15.9 Å². The van der Waals surface area contributed by atoms with Gasteiger partial charge in [-0.25, -0.2) is 0 Å². The Balaban J connectivity index is 2.05. The molecule has 1 N–H and O–H groups in total. The fraction of sp³-hybridized carbons (Fsp3) is 0.429. The first-order chi connectivity index (χ1) is 10.9. The summed E-state index contributed by atoms with van der Waals surface area (Å²) in [5, 5.41) is 16.9. The minimum Gasteiger partial charge on any atom is -0.481 e. The van der Waals surface area contributed by atoms with Crippen LogP contribution in [0, 0.1) is 0 Å². The van der Waals surface area contributed by atoms with E-state index in [1.54, 1.807) is 24.3 Å². The van der Waals surface area contributed by atoms with Crippen molar-refractivity contribution in [2.24, 2.45) is 0 Å². The second kappa shape index (κ2) is 7.40. The number of amides is 1. The van der Waals surface area contributed by atoms with Crippen LogP contribution in [-0.2, 0) is 24.4 Å². The molecule has 2 aromatic rings. The first-order valence-electron chi connectivity index (χ1n) is 7.12. The van der Waals surface area contributed by atoms with Gasteiger partial charge >= 0.3 is 5.97 Å². The molecule has 0 spiro atoms. The Hall–Kier alpha value is -2.16. The van der Waals surface area contributed by atoms with Crippen LogP contribution in [-0.4, -0.2) is 48.5 Å². The fourth-order valence-corrected chi connectivity index (χ4v) is 2.56. The van der Waals surface area contributed by atoms with Crippen LogP contribution in [0.3, 0.4) is 0 Å². The molecule has 23 heavy (non-hydrogen) atoms. The highest BCUT2D eigenvalue weighted by molar-refractivity contribution is 9.10. The molecule has 0 aliphatic carbocycles. The largest absolute Gasteiger partial charge is 0.481 e. The Morgan fingerprint density at radius 1 is 1.35 bits per heavy atom. The topological polar surface area (TPSA) is 93.3 Å². The molecule has 0 fully saturated rings. The van der Waals surface area contributed by atoms with Gasteiger partial charge in [0.2, 0.25) is 0 Å². The van der Waals surface area contributed by atoms with Gasteiger partial charge in [-0.2, -0.15) is 10.2 Å². The predicted octanol–water partition coefficient (Wildman–Crippen LogP) is 1.61. The van der Waals surface area contributed by atoms with Gasteiger partial charge < -0.3 is 10.0 Å². The van der Waals surface area contributed by atoms with Gasteiger partial charge in [0.25, 0.3) is 5.91 Å². The standard InChI is InChI=1S/C14H18BrN5O3/c1-3-20-12(11(15)7-17-20)9-18(2)14(23)10-6-16-19(8-10)5-4-13(21)22/h6-8H,3-5,9H2,1-2H3,(H,21,22). The van der Waals surface area contributed by atoms with Crippen LogP contribution in [0.5, 0.6) is 0 Å². The third kappa shape index (κ3) is 4.19. The van der Waals surface area contributed by atoms with E-state index < -0.39 is 5.97 Å². The monoisotopic (exact) mass is 383 g/mol. The van der Waals surface area contributed by atoms with Gasteiger partial charge in [0.1, 0.15) is 0 Å². The Morgan fingerprint density at radius 3 is 2.74 bits per heavy atom. The first-order valence-corrected chi connectivity index (χ1v) is 7.91. The zero-order valence-corrected chi connectivity index (χ0v) is 14.5. The number of rotatable bonds is 7. The number of hydrogen-bond donors (Lipinski definition) is 1. The maximum atomic E-state index is 12.4. The van der Waals surface area contributed by atoms with Crippen molar-refractivity contribution >= 4 is 27.8 Å². The highest BCUT2D eigenvalue weighted by Gasteiger charge is 2.17. The van der Waals surface area contributed by atoms with Crippen molar-refractivity contribution in [2.75, 3.05) is 7.05 Å². The zero-order chi connectivity index (χ0) is 17.0. The van der Waals surface area contributed by atoms with E-state index in [0.29, 0.717) is 12.1 Å². The minimum absolute atomic E-state index is 0.0339. The molecule has 2 aromatic heterocycles. The molecule has 0 aliphatic rings. The van der Waals surface area contributed by atoms with Gasteiger partial charge in [-0.15, -0.1) is 0 Å². The molecule has 0 radical (unpaired) electrons. The van der Waals surface area contributed by atoms with Crippen LogP contribution < -0.4 is 0 Å². The average molecular weight is 384 g/mol. The van der Waals surface area contributed by atoms with E-state index in [1.807, 2.05) is 11.6 Å². The lowest BCUT2D eigenvalue weighted by Gasteiger charge is -2.17. The summed E-state index contributed by atoms with van der Waals surface area (Å²) >= 11 is 3.44. The van der Waals surface area contributed by atoms with Crippen molar-refractivity contribution in [1.29, 1.82) is 0 Å². The first kappa shape index (κ1) is 17.2. The lowest BCUT2D eigenvalue weighted by atomic mass is 10.3. The van der Waals surface area contributed by atoms with E-state index in [2.05, 4.69) is 26.1 Å². The van der Waals surface area contributed by atoms with Crippen LogP contribution in [0.25, 0.3) is 0 Å². The molecule has 124 valence electrons. The molecular weight excluding hydrogens is 366 g/mol. The van der Waals surface area contributed by atoms with E-state index in [9.17, 15) is 9.59 Å². The molecule has 0 unspecified atom stereocenters. The number of aromatic nitrogens is 4. The normalized spacial score (nSPS) is 10.7. The average Bonchev–Trinajstić information content (AvgIpc) is 3.12. The quantitative estimate of drug-likeness (QED) is 0.783. The Bertz CT molecular complexity index is 709. The lowest BCUT2D eigenvalue weighted by Crippen LogP contribution is -2.27. The maximum absolute atomic E-state index is 12.4. The number of hydrogen-bond acceptors (Lipinski definition) is 4. The number of nitrogens with zero attached hydrogens (tertiary/aromatic N) is 5. The summed E-state index contributed by atoms with van der Waals surface area (Å²) in [5.41, 5.74) is 1.35. The van der Waals surface area contributed by atoms with Crippen molar-refractivity contribution in [1.82, 2.24) is 24.5 Å². The molecule has 0 aromatic carbocycles. The maximum Gasteiger partial charge on any atom is 0.305 e. The second-order valence-electron chi connectivity index (χ2n) is 5.05. The van der Waals surface area contributed by atoms with Crippen molar-refractivity contribution in [3.8, 4) is 0 Å². The van der Waals surface area contributed by atoms with Gasteiger partial charge in [-0.3, -0.25) is 19.0 Å². The molecule has 0 bridgehead atoms. The molecule has 0 atom stereocenters. The third-order valence-electron chi connectivity index (χ3n) is 3.37. The Labute approximate surface area is 141 Å². The van der Waals surface area contributed by atoms with Gasteiger partial charge in [0.15, 0.2) is 0 Å². The summed E-state index contributed by atoms with van der Waals surface area (Å²) in [7, 11) is 1.70. The minimum atomic E-state index is -0.900. The molecule has 2 rings (SSSR count). The van der Waals surface area contributed by atoms with Gasteiger partial charge in [-0.1, -0.05) is 0 Å². The molecule has 2 heterocycles. The van der Waals surface area contributed by atoms with E-state index in [0.717, 1.165) is 16.7 Å². The predicted molar refractivity (Wildman–Crippen MR) is 85.9 cm³/mol. The second-order valence-corrected chi connectivity index (χ2v) is 5.91. The SMILES string of the molecule is CCn1ncc(Br)c1CN(C)C(=O)c1cnn(CCC(=O)O)c1. The van der Waals surface area contributed by atoms with E-state index in [1.165, 1.54) is 10.9 Å².